The third-order valence-electron chi connectivity index (χ3n) is 5.62. The van der Waals surface area contributed by atoms with Crippen molar-refractivity contribution in [1.29, 1.82) is 0 Å². The van der Waals surface area contributed by atoms with Crippen molar-refractivity contribution in [3.8, 4) is 5.75 Å². The lowest BCUT2D eigenvalue weighted by Gasteiger charge is -2.47. The lowest BCUT2D eigenvalue weighted by Crippen LogP contribution is -2.57. The topological polar surface area (TPSA) is 44.8 Å². The van der Waals surface area contributed by atoms with Gasteiger partial charge in [0, 0.05) is 45.2 Å². The van der Waals surface area contributed by atoms with Gasteiger partial charge in [0.15, 0.2) is 0 Å². The average Bonchev–Trinajstić information content (AvgIpc) is 2.68. The van der Waals surface area contributed by atoms with Crippen LogP contribution in [0.4, 0.5) is 0 Å². The molecule has 2 atom stereocenters. The Morgan fingerprint density at radius 1 is 1.27 bits per heavy atom. The van der Waals surface area contributed by atoms with E-state index in [4.69, 9.17) is 4.74 Å². The first-order chi connectivity index (χ1) is 12.7. The van der Waals surface area contributed by atoms with Crippen molar-refractivity contribution in [2.75, 3.05) is 46.9 Å². The summed E-state index contributed by atoms with van der Waals surface area (Å²) in [5.41, 5.74) is 1.20. The number of likely N-dealkylation sites (N-methyl/N-ethyl adjacent to an activating group) is 1. The molecule has 1 N–H and O–H groups in total. The molecule has 1 aromatic rings. The molecule has 5 heteroatoms. The summed E-state index contributed by atoms with van der Waals surface area (Å²) in [6, 6.07) is 8.57. The minimum absolute atomic E-state index is 0.342. The monoisotopic (exact) mass is 357 g/mol. The Labute approximate surface area is 157 Å². The normalized spacial score (nSPS) is 24.1. The van der Waals surface area contributed by atoms with Crippen molar-refractivity contribution >= 4 is 12.0 Å². The number of nitrogens with zero attached hydrogens (tertiary/aromatic N) is 2. The van der Waals surface area contributed by atoms with Crippen LogP contribution in [-0.4, -0.2) is 68.6 Å². The zero-order valence-corrected chi connectivity index (χ0v) is 16.0. The van der Waals surface area contributed by atoms with E-state index in [1.807, 2.05) is 19.2 Å². The third kappa shape index (κ3) is 4.65. The zero-order valence-electron chi connectivity index (χ0n) is 16.0. The van der Waals surface area contributed by atoms with Gasteiger partial charge in [0.2, 0.25) is 5.91 Å². The predicted octanol–water partition coefficient (Wildman–Crippen LogP) is 2.24. The van der Waals surface area contributed by atoms with Crippen molar-refractivity contribution in [3.05, 3.63) is 35.9 Å². The summed E-state index contributed by atoms with van der Waals surface area (Å²) in [4.78, 5) is 16.9. The Morgan fingerprint density at radius 3 is 2.81 bits per heavy atom. The molecule has 2 fully saturated rings. The number of rotatable bonds is 7. The van der Waals surface area contributed by atoms with Crippen LogP contribution in [0, 0.1) is 5.92 Å². The van der Waals surface area contributed by atoms with Gasteiger partial charge in [0.1, 0.15) is 5.75 Å². The molecule has 142 valence electrons. The van der Waals surface area contributed by atoms with Crippen molar-refractivity contribution in [3.63, 3.8) is 0 Å². The van der Waals surface area contributed by atoms with Crippen LogP contribution in [0.25, 0.3) is 6.08 Å². The number of fused-ring (bicyclic) bond motifs is 1. The average molecular weight is 357 g/mol. The molecule has 26 heavy (non-hydrogen) atoms. The fraction of sp³-hybridized carbons (Fsp3) is 0.571. The van der Waals surface area contributed by atoms with Gasteiger partial charge in [-0.1, -0.05) is 24.3 Å². The van der Waals surface area contributed by atoms with Gasteiger partial charge in [0.05, 0.1) is 7.11 Å². The van der Waals surface area contributed by atoms with Crippen LogP contribution in [0.1, 0.15) is 24.8 Å². The number of hydrogen-bond acceptors (Lipinski definition) is 4. The van der Waals surface area contributed by atoms with Crippen molar-refractivity contribution < 1.29 is 9.53 Å². The van der Waals surface area contributed by atoms with Crippen LogP contribution < -0.4 is 10.1 Å². The van der Waals surface area contributed by atoms with Crippen LogP contribution in [-0.2, 0) is 4.79 Å². The highest BCUT2D eigenvalue weighted by Crippen LogP contribution is 2.31. The number of carbonyl (C=O) groups is 1. The Balaban J connectivity index is 1.51. The highest BCUT2D eigenvalue weighted by molar-refractivity contribution is 5.77. The maximum Gasteiger partial charge on any atom is 0.222 e. The van der Waals surface area contributed by atoms with Crippen LogP contribution in [0.5, 0.6) is 5.75 Å². The number of carbonyl (C=O) groups excluding carboxylic acids is 1. The number of likely N-dealkylation sites (tertiary alicyclic amines) is 2. The molecule has 1 amide bonds. The van der Waals surface area contributed by atoms with E-state index in [-0.39, 0.29) is 0 Å². The summed E-state index contributed by atoms with van der Waals surface area (Å²) in [6.07, 6.45) is 7.26. The number of benzene rings is 1. The van der Waals surface area contributed by atoms with Gasteiger partial charge in [-0.2, -0.15) is 0 Å². The molecule has 3 rings (SSSR count). The maximum absolute atomic E-state index is 12.3. The second kappa shape index (κ2) is 9.19. The van der Waals surface area contributed by atoms with Gasteiger partial charge in [-0.3, -0.25) is 9.69 Å². The van der Waals surface area contributed by atoms with Gasteiger partial charge in [-0.15, -0.1) is 0 Å². The number of piperidine rings is 2. The van der Waals surface area contributed by atoms with E-state index in [1.54, 1.807) is 7.11 Å². The van der Waals surface area contributed by atoms with Crippen molar-refractivity contribution in [2.45, 2.75) is 25.3 Å². The summed E-state index contributed by atoms with van der Waals surface area (Å²) in [7, 11) is 3.64. The van der Waals surface area contributed by atoms with E-state index in [0.29, 0.717) is 24.3 Å². The van der Waals surface area contributed by atoms with E-state index >= 15 is 0 Å². The van der Waals surface area contributed by atoms with E-state index in [1.165, 1.54) is 5.56 Å². The molecule has 2 aliphatic rings. The molecule has 5 nitrogen and oxygen atoms in total. The summed E-state index contributed by atoms with van der Waals surface area (Å²) in [5.74, 6) is 1.85. The number of hydrogen-bond donors (Lipinski definition) is 1. The van der Waals surface area contributed by atoms with Gasteiger partial charge < -0.3 is 15.0 Å². The summed E-state index contributed by atoms with van der Waals surface area (Å²) >= 11 is 0. The molecule has 2 saturated heterocycles. The Bertz CT molecular complexity index is 614. The number of amides is 1. The second-order valence-corrected chi connectivity index (χ2v) is 7.28. The van der Waals surface area contributed by atoms with Gasteiger partial charge in [-0.25, -0.2) is 0 Å². The number of methoxy groups -OCH3 is 1. The van der Waals surface area contributed by atoms with Crippen molar-refractivity contribution in [2.24, 2.45) is 5.92 Å². The zero-order chi connectivity index (χ0) is 18.4. The molecule has 0 aromatic heterocycles. The van der Waals surface area contributed by atoms with Gasteiger partial charge >= 0.3 is 0 Å². The molecule has 1 aromatic carbocycles. The van der Waals surface area contributed by atoms with Crippen LogP contribution in [0.2, 0.25) is 0 Å². The van der Waals surface area contributed by atoms with Crippen LogP contribution in [0.15, 0.2) is 30.3 Å². The Morgan fingerprint density at radius 2 is 2.08 bits per heavy atom. The largest absolute Gasteiger partial charge is 0.497 e. The van der Waals surface area contributed by atoms with E-state index in [2.05, 4.69) is 39.4 Å². The molecule has 0 radical (unpaired) electrons. The number of nitrogens with one attached hydrogen (secondary N) is 1. The molecular weight excluding hydrogens is 326 g/mol. The Kier molecular flexibility index (Phi) is 6.69. The fourth-order valence-electron chi connectivity index (χ4n) is 4.17. The minimum Gasteiger partial charge on any atom is -0.497 e. The lowest BCUT2D eigenvalue weighted by atomic mass is 9.83. The highest BCUT2D eigenvalue weighted by atomic mass is 16.5. The first kappa shape index (κ1) is 18.9. The predicted molar refractivity (Wildman–Crippen MR) is 105 cm³/mol. The molecule has 0 bridgehead atoms. The summed E-state index contributed by atoms with van der Waals surface area (Å²) in [5, 5.41) is 3.17. The van der Waals surface area contributed by atoms with E-state index in [0.717, 1.165) is 51.3 Å². The second-order valence-electron chi connectivity index (χ2n) is 7.28. The first-order valence-corrected chi connectivity index (χ1v) is 9.68. The first-order valence-electron chi connectivity index (χ1n) is 9.68. The van der Waals surface area contributed by atoms with E-state index < -0.39 is 0 Å². The summed E-state index contributed by atoms with van der Waals surface area (Å²) in [6.45, 7) is 4.86. The minimum atomic E-state index is 0.342. The lowest BCUT2D eigenvalue weighted by molar-refractivity contribution is -0.140. The Hall–Kier alpha value is -1.85. The quantitative estimate of drug-likeness (QED) is 0.813. The summed E-state index contributed by atoms with van der Waals surface area (Å²) < 4.78 is 5.20. The number of ether oxygens (including phenoxy) is 1. The molecule has 0 saturated carbocycles. The van der Waals surface area contributed by atoms with E-state index in [9.17, 15) is 4.79 Å². The van der Waals surface area contributed by atoms with Crippen LogP contribution >= 0.6 is 0 Å². The molecule has 0 unspecified atom stereocenters. The third-order valence-corrected chi connectivity index (χ3v) is 5.62. The SMILES string of the molecule is CNCCN1C(=O)CC[C@H]2CN(CC=Cc3ccc(OC)cc3)CC[C@H]21. The smallest absolute Gasteiger partial charge is 0.222 e. The highest BCUT2D eigenvalue weighted by Gasteiger charge is 2.38. The molecular formula is C21H31N3O2. The standard InChI is InChI=1S/C21H31N3O2/c1-22-12-15-24-20-11-14-23(16-18(20)7-10-21(24)25)13-3-4-17-5-8-19(26-2)9-6-17/h3-6,8-9,18,20,22H,7,10-16H2,1-2H3/t18-,20+/m0/s1. The molecule has 0 spiro atoms. The van der Waals surface area contributed by atoms with Crippen molar-refractivity contribution in [1.82, 2.24) is 15.1 Å². The van der Waals surface area contributed by atoms with Crippen LogP contribution in [0.3, 0.4) is 0 Å². The molecule has 0 aliphatic carbocycles. The molecule has 2 aliphatic heterocycles. The fourth-order valence-corrected chi connectivity index (χ4v) is 4.17. The molecule has 2 heterocycles. The maximum atomic E-state index is 12.3. The van der Waals surface area contributed by atoms with Gasteiger partial charge in [0.25, 0.3) is 0 Å². The van der Waals surface area contributed by atoms with Gasteiger partial charge in [-0.05, 0) is 43.5 Å².